The van der Waals surface area contributed by atoms with E-state index in [2.05, 4.69) is 4.52 Å². The van der Waals surface area contributed by atoms with Crippen molar-refractivity contribution in [1.82, 2.24) is 0 Å². The molecule has 0 aromatic rings. The zero-order valence-corrected chi connectivity index (χ0v) is 11.1. The van der Waals surface area contributed by atoms with Crippen LogP contribution in [0.25, 0.3) is 0 Å². The van der Waals surface area contributed by atoms with Gasteiger partial charge in [0.15, 0.2) is 5.85 Å². The molecular weight excluding hydrogens is 272 g/mol. The summed E-state index contributed by atoms with van der Waals surface area (Å²) in [6, 6.07) is 0. The summed E-state index contributed by atoms with van der Waals surface area (Å²) in [5.74, 6) is -1.75. The van der Waals surface area contributed by atoms with Crippen LogP contribution in [-0.2, 0) is 13.7 Å². The van der Waals surface area contributed by atoms with E-state index in [0.717, 1.165) is 12.8 Å². The molecule has 0 aliphatic rings. The third kappa shape index (κ3) is 9.88. The summed E-state index contributed by atoms with van der Waals surface area (Å²) >= 11 is 0. The molecule has 0 aliphatic carbocycles. The van der Waals surface area contributed by atoms with Gasteiger partial charge < -0.3 is 25.3 Å². The standard InChI is InChI=1S/C7H19NO7P2/c8-6-4-2-1-3-5-7(16(9,10)11)15-17(12,13)14/h7H,1-6,8H2,(H2,9,10,11)(H2,12,13,14). The van der Waals surface area contributed by atoms with Gasteiger partial charge in [-0.3, -0.25) is 9.09 Å². The highest BCUT2D eigenvalue weighted by molar-refractivity contribution is 7.53. The van der Waals surface area contributed by atoms with E-state index in [4.69, 9.17) is 25.3 Å². The maximum atomic E-state index is 10.9. The minimum atomic E-state index is -4.89. The van der Waals surface area contributed by atoms with Crippen LogP contribution in [0.5, 0.6) is 0 Å². The zero-order valence-electron chi connectivity index (χ0n) is 9.31. The molecule has 0 aliphatic heterocycles. The molecule has 10 heteroatoms. The third-order valence-electron chi connectivity index (χ3n) is 2.04. The second-order valence-electron chi connectivity index (χ2n) is 3.63. The van der Waals surface area contributed by atoms with E-state index < -0.39 is 21.3 Å². The van der Waals surface area contributed by atoms with E-state index in [-0.39, 0.29) is 6.42 Å². The average molecular weight is 291 g/mol. The van der Waals surface area contributed by atoms with Crippen molar-refractivity contribution in [3.05, 3.63) is 0 Å². The van der Waals surface area contributed by atoms with Crippen LogP contribution in [-0.4, -0.2) is 32.0 Å². The molecule has 8 nitrogen and oxygen atoms in total. The van der Waals surface area contributed by atoms with E-state index in [9.17, 15) is 9.13 Å². The Morgan fingerprint density at radius 2 is 1.53 bits per heavy atom. The van der Waals surface area contributed by atoms with Gasteiger partial charge in [-0.1, -0.05) is 19.3 Å². The van der Waals surface area contributed by atoms with Gasteiger partial charge in [-0.05, 0) is 19.4 Å². The lowest BCUT2D eigenvalue weighted by atomic mass is 10.1. The maximum Gasteiger partial charge on any atom is 0.470 e. The van der Waals surface area contributed by atoms with Gasteiger partial charge in [-0.25, -0.2) is 4.57 Å². The topological polar surface area (TPSA) is 150 Å². The summed E-state index contributed by atoms with van der Waals surface area (Å²) in [7, 11) is -9.56. The molecule has 0 fully saturated rings. The summed E-state index contributed by atoms with van der Waals surface area (Å²) < 4.78 is 25.6. The van der Waals surface area contributed by atoms with Crippen molar-refractivity contribution in [2.24, 2.45) is 5.73 Å². The highest BCUT2D eigenvalue weighted by atomic mass is 31.2. The summed E-state index contributed by atoms with van der Waals surface area (Å²) in [4.78, 5) is 34.8. The Labute approximate surface area is 99.6 Å². The smallest absolute Gasteiger partial charge is 0.330 e. The van der Waals surface area contributed by atoms with Crippen LogP contribution < -0.4 is 5.73 Å². The van der Waals surface area contributed by atoms with Crippen molar-refractivity contribution < 1.29 is 33.2 Å². The molecule has 0 aromatic heterocycles. The van der Waals surface area contributed by atoms with Crippen LogP contribution in [0.3, 0.4) is 0 Å². The van der Waals surface area contributed by atoms with E-state index in [1.165, 1.54) is 0 Å². The van der Waals surface area contributed by atoms with Crippen molar-refractivity contribution >= 4 is 15.4 Å². The van der Waals surface area contributed by atoms with Crippen molar-refractivity contribution in [2.75, 3.05) is 6.54 Å². The predicted octanol–water partition coefficient (Wildman–Crippen LogP) is 0.509. The summed E-state index contributed by atoms with van der Waals surface area (Å²) in [5.41, 5.74) is 5.27. The van der Waals surface area contributed by atoms with E-state index in [0.29, 0.717) is 19.4 Å². The monoisotopic (exact) mass is 291 g/mol. The third-order valence-corrected chi connectivity index (χ3v) is 3.85. The number of unbranched alkanes of at least 4 members (excludes halogenated alkanes) is 3. The SMILES string of the molecule is NCCCCCCC(OP(=O)(O)O)P(=O)(O)O. The molecule has 0 spiro atoms. The van der Waals surface area contributed by atoms with Crippen molar-refractivity contribution in [3.63, 3.8) is 0 Å². The Hall–Kier alpha value is 0.220. The Bertz CT molecular complexity index is 299. The molecule has 0 bridgehead atoms. The first-order chi connectivity index (χ1) is 7.67. The summed E-state index contributed by atoms with van der Waals surface area (Å²) in [6.45, 7) is 0.543. The minimum absolute atomic E-state index is 0.0973. The van der Waals surface area contributed by atoms with Crippen LogP contribution in [0.15, 0.2) is 0 Å². The van der Waals surface area contributed by atoms with Crippen LogP contribution in [0.1, 0.15) is 32.1 Å². The first-order valence-electron chi connectivity index (χ1n) is 5.16. The number of phosphoric acid groups is 1. The minimum Gasteiger partial charge on any atom is -0.330 e. The van der Waals surface area contributed by atoms with Crippen LogP contribution in [0.4, 0.5) is 0 Å². The van der Waals surface area contributed by atoms with Crippen LogP contribution in [0.2, 0.25) is 0 Å². The lowest BCUT2D eigenvalue weighted by Crippen LogP contribution is -2.12. The van der Waals surface area contributed by atoms with Crippen molar-refractivity contribution in [2.45, 2.75) is 37.9 Å². The first kappa shape index (κ1) is 17.2. The predicted molar refractivity (Wildman–Crippen MR) is 61.1 cm³/mol. The molecule has 0 aromatic carbocycles. The fourth-order valence-electron chi connectivity index (χ4n) is 1.26. The van der Waals surface area contributed by atoms with Gasteiger partial charge in [0.2, 0.25) is 0 Å². The van der Waals surface area contributed by atoms with Gasteiger partial charge in [-0.15, -0.1) is 0 Å². The van der Waals surface area contributed by atoms with Gasteiger partial charge >= 0.3 is 15.4 Å². The van der Waals surface area contributed by atoms with Crippen molar-refractivity contribution in [1.29, 1.82) is 0 Å². The molecule has 0 saturated heterocycles. The normalized spacial score (nSPS) is 14.9. The van der Waals surface area contributed by atoms with Gasteiger partial charge in [0.05, 0.1) is 0 Å². The first-order valence-corrected chi connectivity index (χ1v) is 8.37. The Morgan fingerprint density at radius 1 is 1.00 bits per heavy atom. The van der Waals surface area contributed by atoms with Crippen LogP contribution >= 0.6 is 15.4 Å². The molecule has 0 radical (unpaired) electrons. The lowest BCUT2D eigenvalue weighted by molar-refractivity contribution is 0.147. The highest BCUT2D eigenvalue weighted by Crippen LogP contribution is 2.52. The molecule has 0 saturated carbocycles. The fraction of sp³-hybridized carbons (Fsp3) is 1.00. The Balaban J connectivity index is 4.14. The van der Waals surface area contributed by atoms with Gasteiger partial charge in [-0.2, -0.15) is 0 Å². The lowest BCUT2D eigenvalue weighted by Gasteiger charge is -2.19. The molecule has 1 atom stereocenters. The van der Waals surface area contributed by atoms with Crippen LogP contribution in [0, 0.1) is 0 Å². The largest absolute Gasteiger partial charge is 0.470 e. The second kappa shape index (κ2) is 7.61. The number of rotatable bonds is 9. The number of phosphoric ester groups is 1. The molecule has 17 heavy (non-hydrogen) atoms. The molecule has 0 amide bonds. The number of hydrogen-bond donors (Lipinski definition) is 5. The average Bonchev–Trinajstić information content (AvgIpc) is 2.12. The van der Waals surface area contributed by atoms with Gasteiger partial charge in [0.25, 0.3) is 0 Å². The van der Waals surface area contributed by atoms with Crippen molar-refractivity contribution in [3.8, 4) is 0 Å². The molecule has 1 unspecified atom stereocenters. The molecule has 104 valence electrons. The summed E-state index contributed by atoms with van der Waals surface area (Å²) in [5, 5.41) is 0. The number of hydrogen-bond acceptors (Lipinski definition) is 4. The fourth-order valence-corrected chi connectivity index (χ4v) is 3.06. The maximum absolute atomic E-state index is 10.9. The quantitative estimate of drug-likeness (QED) is 0.304. The van der Waals surface area contributed by atoms with E-state index in [1.54, 1.807) is 0 Å². The van der Waals surface area contributed by atoms with E-state index >= 15 is 0 Å². The summed E-state index contributed by atoms with van der Waals surface area (Å²) in [6.07, 6.45) is 2.61. The van der Waals surface area contributed by atoms with Gasteiger partial charge in [0.1, 0.15) is 0 Å². The highest BCUT2D eigenvalue weighted by Gasteiger charge is 2.35. The van der Waals surface area contributed by atoms with Gasteiger partial charge in [0, 0.05) is 0 Å². The zero-order chi connectivity index (χ0) is 13.5. The van der Waals surface area contributed by atoms with E-state index in [1.807, 2.05) is 0 Å². The number of nitrogens with two attached hydrogens (primary N) is 1. The second-order valence-corrected chi connectivity index (χ2v) is 6.58. The Kier molecular flexibility index (Phi) is 7.71. The molecule has 0 heterocycles. The Morgan fingerprint density at radius 3 is 1.94 bits per heavy atom. The molecular formula is C7H19NO7P2. The molecule has 6 N–H and O–H groups in total. The molecule has 0 rings (SSSR count).